The van der Waals surface area contributed by atoms with Crippen molar-refractivity contribution in [3.63, 3.8) is 0 Å². The number of ether oxygens (including phenoxy) is 2. The molecule has 0 bridgehead atoms. The molecule has 1 saturated heterocycles. The van der Waals surface area contributed by atoms with Crippen molar-refractivity contribution < 1.29 is 19.1 Å². The van der Waals surface area contributed by atoms with E-state index >= 15 is 0 Å². The highest BCUT2D eigenvalue weighted by Crippen LogP contribution is 2.12. The predicted molar refractivity (Wildman–Crippen MR) is 64.7 cm³/mol. The van der Waals surface area contributed by atoms with Gasteiger partial charge in [0.2, 0.25) is 0 Å². The summed E-state index contributed by atoms with van der Waals surface area (Å²) in [6.07, 6.45) is -0.393. The van der Waals surface area contributed by atoms with Crippen molar-refractivity contribution in [1.82, 2.24) is 9.80 Å². The predicted octanol–water partition coefficient (Wildman–Crippen LogP) is 1.59. The van der Waals surface area contributed by atoms with Gasteiger partial charge < -0.3 is 9.47 Å². The van der Waals surface area contributed by atoms with E-state index in [1.54, 1.807) is 13.8 Å². The Morgan fingerprint density at radius 1 is 1.12 bits per heavy atom. The van der Waals surface area contributed by atoms with Gasteiger partial charge in [0.15, 0.2) is 5.11 Å². The van der Waals surface area contributed by atoms with Crippen molar-refractivity contribution in [2.75, 3.05) is 26.3 Å². The quantitative estimate of drug-likeness (QED) is 0.706. The summed E-state index contributed by atoms with van der Waals surface area (Å²) >= 11 is 5.08. The van der Waals surface area contributed by atoms with Crippen molar-refractivity contribution >= 4 is 29.5 Å². The molecule has 1 fully saturated rings. The van der Waals surface area contributed by atoms with E-state index in [4.69, 9.17) is 21.7 Å². The molecule has 0 aliphatic carbocycles. The van der Waals surface area contributed by atoms with Gasteiger partial charge in [0.05, 0.1) is 13.2 Å². The first-order valence-corrected chi connectivity index (χ1v) is 5.95. The SMILES string of the molecule is CCOC(=O)N1CCCN(C(=O)OCC)C1=S. The third-order valence-electron chi connectivity index (χ3n) is 2.20. The molecule has 0 spiro atoms. The molecule has 96 valence electrons. The Kier molecular flexibility index (Phi) is 5.14. The van der Waals surface area contributed by atoms with Crippen LogP contribution in [0.25, 0.3) is 0 Å². The average Bonchev–Trinajstić information content (AvgIpc) is 2.29. The van der Waals surface area contributed by atoms with Crippen LogP contribution in [-0.2, 0) is 9.47 Å². The first kappa shape index (κ1) is 13.7. The molecule has 7 heteroatoms. The largest absolute Gasteiger partial charge is 0.449 e. The third-order valence-corrected chi connectivity index (χ3v) is 2.64. The van der Waals surface area contributed by atoms with E-state index in [1.165, 1.54) is 9.80 Å². The summed E-state index contributed by atoms with van der Waals surface area (Å²) in [6.45, 7) is 4.91. The fourth-order valence-electron chi connectivity index (χ4n) is 1.47. The van der Waals surface area contributed by atoms with Gasteiger partial charge in [-0.1, -0.05) is 0 Å². The standard InChI is InChI=1S/C10H16N2O4S/c1-3-15-9(13)11-6-5-7-12(8(11)17)10(14)16-4-2/h3-7H2,1-2H3. The molecule has 1 rings (SSSR count). The number of thiocarbonyl (C=S) groups is 1. The fourth-order valence-corrected chi connectivity index (χ4v) is 1.80. The summed E-state index contributed by atoms with van der Waals surface area (Å²) in [4.78, 5) is 25.7. The van der Waals surface area contributed by atoms with Crippen LogP contribution in [0.5, 0.6) is 0 Å². The maximum atomic E-state index is 11.6. The van der Waals surface area contributed by atoms with Crippen LogP contribution in [0, 0.1) is 0 Å². The van der Waals surface area contributed by atoms with Crippen LogP contribution < -0.4 is 0 Å². The molecule has 0 aromatic rings. The first-order valence-electron chi connectivity index (χ1n) is 5.54. The van der Waals surface area contributed by atoms with E-state index in [1.807, 2.05) is 0 Å². The van der Waals surface area contributed by atoms with E-state index < -0.39 is 12.2 Å². The van der Waals surface area contributed by atoms with Crippen LogP contribution in [-0.4, -0.2) is 53.4 Å². The summed E-state index contributed by atoms with van der Waals surface area (Å²) < 4.78 is 9.72. The molecule has 0 aromatic carbocycles. The summed E-state index contributed by atoms with van der Waals surface area (Å²) in [7, 11) is 0. The number of hydrogen-bond donors (Lipinski definition) is 0. The van der Waals surface area contributed by atoms with Crippen LogP contribution in [0.1, 0.15) is 20.3 Å². The number of hydrogen-bond acceptors (Lipinski definition) is 5. The Bertz CT molecular complexity index is 293. The molecular formula is C10H16N2O4S. The van der Waals surface area contributed by atoms with Crippen LogP contribution >= 0.6 is 12.2 Å². The van der Waals surface area contributed by atoms with Crippen molar-refractivity contribution in [1.29, 1.82) is 0 Å². The molecule has 17 heavy (non-hydrogen) atoms. The molecule has 1 aliphatic rings. The molecule has 0 atom stereocenters. The summed E-state index contributed by atoms with van der Waals surface area (Å²) in [5.41, 5.74) is 0. The van der Waals surface area contributed by atoms with Crippen LogP contribution in [0.3, 0.4) is 0 Å². The highest BCUT2D eigenvalue weighted by Gasteiger charge is 2.32. The summed E-state index contributed by atoms with van der Waals surface area (Å²) in [5, 5.41) is 0.146. The van der Waals surface area contributed by atoms with Gasteiger partial charge in [-0.2, -0.15) is 0 Å². The Balaban J connectivity index is 2.68. The van der Waals surface area contributed by atoms with Gasteiger partial charge in [-0.3, -0.25) is 9.80 Å². The highest BCUT2D eigenvalue weighted by molar-refractivity contribution is 7.80. The summed E-state index contributed by atoms with van der Waals surface area (Å²) in [5.74, 6) is 0. The van der Waals surface area contributed by atoms with Gasteiger partial charge in [-0.05, 0) is 32.5 Å². The van der Waals surface area contributed by atoms with Gasteiger partial charge in [-0.25, -0.2) is 9.59 Å². The molecule has 6 nitrogen and oxygen atoms in total. The maximum absolute atomic E-state index is 11.6. The van der Waals surface area contributed by atoms with E-state index in [9.17, 15) is 9.59 Å². The second kappa shape index (κ2) is 6.39. The molecule has 0 unspecified atom stereocenters. The van der Waals surface area contributed by atoms with Crippen molar-refractivity contribution in [3.8, 4) is 0 Å². The Hall–Kier alpha value is -1.37. The van der Waals surface area contributed by atoms with E-state index in [-0.39, 0.29) is 18.3 Å². The Morgan fingerprint density at radius 2 is 1.53 bits per heavy atom. The zero-order valence-corrected chi connectivity index (χ0v) is 10.8. The lowest BCUT2D eigenvalue weighted by molar-refractivity contribution is 0.104. The molecule has 2 amide bonds. The monoisotopic (exact) mass is 260 g/mol. The van der Waals surface area contributed by atoms with Crippen molar-refractivity contribution in [2.45, 2.75) is 20.3 Å². The minimum atomic E-state index is -0.522. The number of nitrogens with zero attached hydrogens (tertiary/aromatic N) is 2. The van der Waals surface area contributed by atoms with E-state index in [0.717, 1.165) is 0 Å². The smallest absolute Gasteiger partial charge is 0.416 e. The number of amides is 2. The second-order valence-electron chi connectivity index (χ2n) is 3.34. The van der Waals surface area contributed by atoms with Gasteiger partial charge in [0.25, 0.3) is 0 Å². The normalized spacial score (nSPS) is 15.8. The van der Waals surface area contributed by atoms with Crippen LogP contribution in [0.2, 0.25) is 0 Å². The molecule has 1 heterocycles. The topological polar surface area (TPSA) is 59.1 Å². The lowest BCUT2D eigenvalue weighted by atomic mass is 10.3. The molecule has 1 aliphatic heterocycles. The zero-order valence-electron chi connectivity index (χ0n) is 9.97. The lowest BCUT2D eigenvalue weighted by Gasteiger charge is -2.34. The number of carbonyl (C=O) groups excluding carboxylic acids is 2. The number of rotatable bonds is 2. The van der Waals surface area contributed by atoms with Gasteiger partial charge >= 0.3 is 12.2 Å². The molecular weight excluding hydrogens is 244 g/mol. The zero-order chi connectivity index (χ0) is 12.8. The van der Waals surface area contributed by atoms with Crippen molar-refractivity contribution in [3.05, 3.63) is 0 Å². The molecule has 0 saturated carbocycles. The second-order valence-corrected chi connectivity index (χ2v) is 3.70. The molecule has 0 radical (unpaired) electrons. The Labute approximate surface area is 105 Å². The molecule has 0 N–H and O–H groups in total. The first-order chi connectivity index (χ1) is 8.11. The third kappa shape index (κ3) is 3.29. The van der Waals surface area contributed by atoms with E-state index in [2.05, 4.69) is 0 Å². The van der Waals surface area contributed by atoms with Gasteiger partial charge in [0, 0.05) is 13.1 Å². The average molecular weight is 260 g/mol. The number of carbonyl (C=O) groups is 2. The van der Waals surface area contributed by atoms with Crippen molar-refractivity contribution in [2.24, 2.45) is 0 Å². The maximum Gasteiger partial charge on any atom is 0.416 e. The summed E-state index contributed by atoms with van der Waals surface area (Å²) in [6, 6.07) is 0. The van der Waals surface area contributed by atoms with Gasteiger partial charge in [0.1, 0.15) is 0 Å². The Morgan fingerprint density at radius 3 is 1.88 bits per heavy atom. The van der Waals surface area contributed by atoms with Crippen LogP contribution in [0.4, 0.5) is 9.59 Å². The van der Waals surface area contributed by atoms with Crippen LogP contribution in [0.15, 0.2) is 0 Å². The highest BCUT2D eigenvalue weighted by atomic mass is 32.1. The lowest BCUT2D eigenvalue weighted by Crippen LogP contribution is -2.53. The molecule has 0 aromatic heterocycles. The fraction of sp³-hybridized carbons (Fsp3) is 0.700. The van der Waals surface area contributed by atoms with Gasteiger partial charge in [-0.15, -0.1) is 0 Å². The minimum Gasteiger partial charge on any atom is -0.449 e. The minimum absolute atomic E-state index is 0.146. The van der Waals surface area contributed by atoms with E-state index in [0.29, 0.717) is 19.5 Å².